The Hall–Kier alpha value is -0.450. The Balaban J connectivity index is 1.55. The fourth-order valence-corrected chi connectivity index (χ4v) is 3.24. The highest BCUT2D eigenvalue weighted by molar-refractivity contribution is 7.09. The monoisotopic (exact) mass is 251 g/mol. The van der Waals surface area contributed by atoms with Gasteiger partial charge in [-0.05, 0) is 45.8 Å². The first kappa shape index (κ1) is 11.6. The Kier molecular flexibility index (Phi) is 3.45. The van der Waals surface area contributed by atoms with Crippen LogP contribution in [0, 0.1) is 0 Å². The van der Waals surface area contributed by atoms with Crippen molar-refractivity contribution >= 4 is 11.3 Å². The molecule has 1 aliphatic heterocycles. The second-order valence-corrected chi connectivity index (χ2v) is 6.34. The molecule has 0 aromatic carbocycles. The van der Waals surface area contributed by atoms with E-state index in [0.29, 0.717) is 5.92 Å². The highest BCUT2D eigenvalue weighted by atomic mass is 32.1. The molecule has 0 bridgehead atoms. The maximum Gasteiger partial charge on any atom is 0.107 e. The van der Waals surface area contributed by atoms with Crippen LogP contribution in [0.15, 0.2) is 5.38 Å². The molecule has 1 saturated heterocycles. The van der Waals surface area contributed by atoms with E-state index in [9.17, 15) is 0 Å². The van der Waals surface area contributed by atoms with Crippen molar-refractivity contribution < 1.29 is 0 Å². The van der Waals surface area contributed by atoms with Gasteiger partial charge in [-0.3, -0.25) is 0 Å². The van der Waals surface area contributed by atoms with Crippen LogP contribution in [0.4, 0.5) is 0 Å². The normalized spacial score (nSPS) is 23.1. The van der Waals surface area contributed by atoms with Gasteiger partial charge in [-0.1, -0.05) is 0 Å². The Morgan fingerprint density at radius 2 is 2.12 bits per heavy atom. The number of hydrogen-bond acceptors (Lipinski definition) is 4. The Labute approximate surface area is 107 Å². The summed E-state index contributed by atoms with van der Waals surface area (Å²) in [5.41, 5.74) is 1.34. The lowest BCUT2D eigenvalue weighted by Crippen LogP contribution is -2.29. The minimum absolute atomic E-state index is 0.706. The molecule has 4 heteroatoms. The first-order valence-corrected chi connectivity index (χ1v) is 7.55. The molecule has 1 aliphatic carbocycles. The van der Waals surface area contributed by atoms with Gasteiger partial charge in [0.05, 0.1) is 5.69 Å². The predicted molar refractivity (Wildman–Crippen MR) is 71.4 cm³/mol. The molecule has 17 heavy (non-hydrogen) atoms. The molecular weight excluding hydrogens is 230 g/mol. The molecule has 0 amide bonds. The van der Waals surface area contributed by atoms with E-state index in [2.05, 4.69) is 22.6 Å². The molecule has 1 aromatic heterocycles. The van der Waals surface area contributed by atoms with Crippen molar-refractivity contribution in [1.82, 2.24) is 15.2 Å². The van der Waals surface area contributed by atoms with Crippen LogP contribution in [0.2, 0.25) is 0 Å². The smallest absolute Gasteiger partial charge is 0.107 e. The third-order valence-electron chi connectivity index (χ3n) is 3.83. The van der Waals surface area contributed by atoms with Gasteiger partial charge in [0, 0.05) is 23.9 Å². The van der Waals surface area contributed by atoms with Crippen LogP contribution >= 0.6 is 11.3 Å². The number of nitrogens with zero attached hydrogens (tertiary/aromatic N) is 2. The van der Waals surface area contributed by atoms with Gasteiger partial charge in [-0.15, -0.1) is 11.3 Å². The summed E-state index contributed by atoms with van der Waals surface area (Å²) in [4.78, 5) is 7.21. The predicted octanol–water partition coefficient (Wildman–Crippen LogP) is 2.20. The molecule has 0 unspecified atom stereocenters. The van der Waals surface area contributed by atoms with Crippen molar-refractivity contribution in [1.29, 1.82) is 0 Å². The molecule has 0 spiro atoms. The third-order valence-corrected chi connectivity index (χ3v) is 4.69. The number of thiazole rings is 1. The van der Waals surface area contributed by atoms with Crippen molar-refractivity contribution in [3.63, 3.8) is 0 Å². The summed E-state index contributed by atoms with van der Waals surface area (Å²) in [7, 11) is 2.21. The third kappa shape index (κ3) is 3.06. The minimum Gasteiger partial charge on any atom is -0.308 e. The summed E-state index contributed by atoms with van der Waals surface area (Å²) in [6, 6.07) is 0.783. The van der Waals surface area contributed by atoms with E-state index in [1.54, 1.807) is 0 Å². The maximum atomic E-state index is 4.80. The van der Waals surface area contributed by atoms with Crippen molar-refractivity contribution in [2.45, 2.75) is 44.2 Å². The number of likely N-dealkylation sites (tertiary alicyclic amines) is 1. The fraction of sp³-hybridized carbons (Fsp3) is 0.769. The molecular formula is C13H21N3S. The average Bonchev–Trinajstić information content (AvgIpc) is 3.06. The van der Waals surface area contributed by atoms with Gasteiger partial charge in [0.2, 0.25) is 0 Å². The molecule has 3 rings (SSSR count). The van der Waals surface area contributed by atoms with Gasteiger partial charge < -0.3 is 10.2 Å². The van der Waals surface area contributed by atoms with Gasteiger partial charge in [-0.2, -0.15) is 0 Å². The van der Waals surface area contributed by atoms with Gasteiger partial charge in [0.15, 0.2) is 0 Å². The van der Waals surface area contributed by atoms with Crippen LogP contribution < -0.4 is 5.32 Å². The van der Waals surface area contributed by atoms with Gasteiger partial charge in [0.1, 0.15) is 5.01 Å². The Morgan fingerprint density at radius 1 is 1.35 bits per heavy atom. The zero-order valence-corrected chi connectivity index (χ0v) is 11.3. The molecule has 2 fully saturated rings. The van der Waals surface area contributed by atoms with E-state index in [-0.39, 0.29) is 0 Å². The number of piperidine rings is 1. The molecule has 2 heterocycles. The van der Waals surface area contributed by atoms with Crippen LogP contribution in [0.1, 0.15) is 42.3 Å². The molecule has 0 atom stereocenters. The largest absolute Gasteiger partial charge is 0.308 e. The Morgan fingerprint density at radius 3 is 2.82 bits per heavy atom. The average molecular weight is 251 g/mol. The van der Waals surface area contributed by atoms with E-state index in [4.69, 9.17) is 4.98 Å². The summed E-state index contributed by atoms with van der Waals surface area (Å²) < 4.78 is 0. The van der Waals surface area contributed by atoms with Crippen molar-refractivity contribution in [3.05, 3.63) is 16.1 Å². The highest BCUT2D eigenvalue weighted by Crippen LogP contribution is 2.28. The number of rotatable bonds is 4. The second-order valence-electron chi connectivity index (χ2n) is 5.40. The van der Waals surface area contributed by atoms with E-state index in [0.717, 1.165) is 12.6 Å². The molecule has 2 aliphatic rings. The molecule has 0 radical (unpaired) electrons. The zero-order chi connectivity index (χ0) is 11.7. The molecule has 3 nitrogen and oxygen atoms in total. The van der Waals surface area contributed by atoms with E-state index in [1.165, 1.54) is 49.5 Å². The van der Waals surface area contributed by atoms with Crippen LogP contribution in [0.5, 0.6) is 0 Å². The van der Waals surface area contributed by atoms with Crippen molar-refractivity contribution in [2.24, 2.45) is 0 Å². The number of hydrogen-bond donors (Lipinski definition) is 1. The molecule has 94 valence electrons. The quantitative estimate of drug-likeness (QED) is 0.889. The molecule has 1 aromatic rings. The first-order chi connectivity index (χ1) is 8.31. The van der Waals surface area contributed by atoms with E-state index in [1.807, 2.05) is 11.3 Å². The first-order valence-electron chi connectivity index (χ1n) is 6.67. The van der Waals surface area contributed by atoms with Crippen molar-refractivity contribution in [3.8, 4) is 0 Å². The summed E-state index contributed by atoms with van der Waals surface area (Å²) in [6.07, 6.45) is 5.26. The van der Waals surface area contributed by atoms with Crippen LogP contribution in [0.25, 0.3) is 0 Å². The second kappa shape index (κ2) is 5.04. The van der Waals surface area contributed by atoms with E-state index >= 15 is 0 Å². The van der Waals surface area contributed by atoms with Crippen LogP contribution in [0.3, 0.4) is 0 Å². The van der Waals surface area contributed by atoms with E-state index < -0.39 is 0 Å². The SMILES string of the molecule is CN1CCC(c2csc(CNC3CC3)n2)CC1. The minimum atomic E-state index is 0.706. The Bertz CT molecular complexity index is 364. The van der Waals surface area contributed by atoms with Crippen LogP contribution in [-0.2, 0) is 6.54 Å². The maximum absolute atomic E-state index is 4.80. The number of nitrogens with one attached hydrogen (secondary N) is 1. The highest BCUT2D eigenvalue weighted by Gasteiger charge is 2.22. The summed E-state index contributed by atoms with van der Waals surface area (Å²) in [5.74, 6) is 0.706. The van der Waals surface area contributed by atoms with Gasteiger partial charge >= 0.3 is 0 Å². The lowest BCUT2D eigenvalue weighted by Gasteiger charge is -2.27. The van der Waals surface area contributed by atoms with Gasteiger partial charge in [0.25, 0.3) is 0 Å². The lowest BCUT2D eigenvalue weighted by atomic mass is 9.95. The number of aromatic nitrogens is 1. The molecule has 1 N–H and O–H groups in total. The fourth-order valence-electron chi connectivity index (χ4n) is 2.42. The van der Waals surface area contributed by atoms with Crippen LogP contribution in [-0.4, -0.2) is 36.1 Å². The van der Waals surface area contributed by atoms with Gasteiger partial charge in [-0.25, -0.2) is 4.98 Å². The lowest BCUT2D eigenvalue weighted by molar-refractivity contribution is 0.253. The summed E-state index contributed by atoms with van der Waals surface area (Å²) in [6.45, 7) is 3.41. The van der Waals surface area contributed by atoms with Crippen molar-refractivity contribution in [2.75, 3.05) is 20.1 Å². The standard InChI is InChI=1S/C13H21N3S/c1-16-6-4-10(5-7-16)12-9-17-13(15-12)8-14-11-2-3-11/h9-11,14H,2-8H2,1H3. The topological polar surface area (TPSA) is 28.2 Å². The molecule has 1 saturated carbocycles. The summed E-state index contributed by atoms with van der Waals surface area (Å²) >= 11 is 1.83. The zero-order valence-electron chi connectivity index (χ0n) is 10.5. The summed E-state index contributed by atoms with van der Waals surface area (Å²) in [5, 5.41) is 7.08.